The predicted octanol–water partition coefficient (Wildman–Crippen LogP) is 3.59. The summed E-state index contributed by atoms with van der Waals surface area (Å²) >= 11 is 1.41. The molecular formula is C17H16FN3OS. The van der Waals surface area contributed by atoms with Crippen molar-refractivity contribution in [3.63, 3.8) is 0 Å². The lowest BCUT2D eigenvalue weighted by Crippen LogP contribution is -2.29. The van der Waals surface area contributed by atoms with E-state index in [-0.39, 0.29) is 11.7 Å². The van der Waals surface area contributed by atoms with E-state index in [0.29, 0.717) is 11.7 Å². The van der Waals surface area contributed by atoms with Crippen molar-refractivity contribution in [2.24, 2.45) is 4.99 Å². The molecule has 1 aromatic heterocycles. The maximum absolute atomic E-state index is 13.1. The van der Waals surface area contributed by atoms with E-state index in [1.165, 1.54) is 23.9 Å². The van der Waals surface area contributed by atoms with Gasteiger partial charge < -0.3 is 4.90 Å². The Balaban J connectivity index is 1.91. The van der Waals surface area contributed by atoms with Gasteiger partial charge in [-0.15, -0.1) is 0 Å². The zero-order chi connectivity index (χ0) is 16.4. The number of aliphatic imine (C=N–C) groups is 1. The highest BCUT2D eigenvalue weighted by Crippen LogP contribution is 2.44. The monoisotopic (exact) mass is 329 g/mol. The average molecular weight is 329 g/mol. The summed E-state index contributed by atoms with van der Waals surface area (Å²) in [5.41, 5.74) is 1.68. The van der Waals surface area contributed by atoms with Crippen molar-refractivity contribution in [3.8, 4) is 0 Å². The number of thioether (sulfide) groups is 1. The van der Waals surface area contributed by atoms with Crippen molar-refractivity contribution in [2.75, 3.05) is 11.4 Å². The summed E-state index contributed by atoms with van der Waals surface area (Å²) in [4.78, 5) is 22.6. The molecule has 1 atom stereocenters. The summed E-state index contributed by atoms with van der Waals surface area (Å²) in [5.74, 6) is -0.479. The fraction of sp³-hybridized carbons (Fsp3) is 0.235. The van der Waals surface area contributed by atoms with Crippen LogP contribution in [0.2, 0.25) is 0 Å². The van der Waals surface area contributed by atoms with E-state index in [0.717, 1.165) is 11.3 Å². The number of amides is 1. The van der Waals surface area contributed by atoms with Crippen molar-refractivity contribution in [2.45, 2.75) is 18.6 Å². The van der Waals surface area contributed by atoms with Gasteiger partial charge in [0.05, 0.1) is 0 Å². The molecule has 0 saturated carbocycles. The van der Waals surface area contributed by atoms with Gasteiger partial charge in [-0.3, -0.25) is 9.78 Å². The van der Waals surface area contributed by atoms with Crippen molar-refractivity contribution in [1.82, 2.24) is 4.98 Å². The number of aromatic nitrogens is 1. The lowest BCUT2D eigenvalue weighted by atomic mass is 10.0. The second kappa shape index (κ2) is 6.12. The average Bonchev–Trinajstić information content (AvgIpc) is 2.87. The van der Waals surface area contributed by atoms with Crippen LogP contribution in [0.5, 0.6) is 0 Å². The molecule has 0 saturated heterocycles. The molecule has 118 valence electrons. The second-order valence-electron chi connectivity index (χ2n) is 5.29. The number of hydrogen-bond acceptors (Lipinski definition) is 4. The number of anilines is 1. The van der Waals surface area contributed by atoms with E-state index in [9.17, 15) is 9.18 Å². The third-order valence-corrected chi connectivity index (χ3v) is 5.13. The first-order chi connectivity index (χ1) is 11.0. The first kappa shape index (κ1) is 15.7. The van der Waals surface area contributed by atoms with E-state index in [1.54, 1.807) is 24.5 Å². The number of carbonyl (C=O) groups excluding carboxylic acids is 1. The van der Waals surface area contributed by atoms with Gasteiger partial charge in [-0.25, -0.2) is 4.39 Å². The van der Waals surface area contributed by atoms with Gasteiger partial charge in [0, 0.05) is 24.6 Å². The number of amidine groups is 1. The van der Waals surface area contributed by atoms with Gasteiger partial charge in [0.15, 0.2) is 5.17 Å². The Kier molecular flexibility index (Phi) is 4.17. The molecule has 0 aliphatic carbocycles. The molecule has 1 unspecified atom stereocenters. The van der Waals surface area contributed by atoms with Gasteiger partial charge >= 0.3 is 0 Å². The normalized spacial score (nSPS) is 20.5. The third-order valence-electron chi connectivity index (χ3n) is 3.82. The smallest absolute Gasteiger partial charge is 0.269 e. The summed E-state index contributed by atoms with van der Waals surface area (Å²) in [6, 6.07) is 9.85. The van der Waals surface area contributed by atoms with Crippen LogP contribution in [0.1, 0.15) is 19.4 Å². The molecule has 2 aromatic rings. The molecule has 4 nitrogen and oxygen atoms in total. The van der Waals surface area contributed by atoms with Crippen LogP contribution >= 0.6 is 11.8 Å². The van der Waals surface area contributed by atoms with Crippen LogP contribution in [-0.4, -0.2) is 22.6 Å². The molecule has 6 heteroatoms. The Bertz CT molecular complexity index is 748. The molecule has 0 radical (unpaired) electrons. The summed E-state index contributed by atoms with van der Waals surface area (Å²) in [5, 5.41) is 0.628. The molecule has 0 spiro atoms. The van der Waals surface area contributed by atoms with E-state index in [2.05, 4.69) is 9.98 Å². The van der Waals surface area contributed by atoms with Crippen LogP contribution in [0.15, 0.2) is 53.8 Å². The van der Waals surface area contributed by atoms with Crippen LogP contribution in [0.25, 0.3) is 0 Å². The maximum Gasteiger partial charge on any atom is 0.269 e. The highest BCUT2D eigenvalue weighted by Gasteiger charge is 2.44. The Morgan fingerprint density at radius 2 is 1.83 bits per heavy atom. The summed E-state index contributed by atoms with van der Waals surface area (Å²) < 4.78 is 12.4. The molecule has 0 N–H and O–H groups in total. The van der Waals surface area contributed by atoms with Crippen LogP contribution in [-0.2, 0) is 9.54 Å². The van der Waals surface area contributed by atoms with Crippen molar-refractivity contribution in [1.29, 1.82) is 0 Å². The predicted molar refractivity (Wildman–Crippen MR) is 91.0 cm³/mol. The van der Waals surface area contributed by atoms with Gasteiger partial charge in [0.25, 0.3) is 5.91 Å². The van der Waals surface area contributed by atoms with E-state index in [4.69, 9.17) is 0 Å². The molecular weight excluding hydrogens is 313 g/mol. The first-order valence-electron chi connectivity index (χ1n) is 7.30. The number of nitrogens with zero attached hydrogens (tertiary/aromatic N) is 3. The van der Waals surface area contributed by atoms with Crippen molar-refractivity contribution in [3.05, 3.63) is 60.2 Å². The van der Waals surface area contributed by atoms with Crippen LogP contribution in [0, 0.1) is 5.82 Å². The van der Waals surface area contributed by atoms with Crippen molar-refractivity contribution < 1.29 is 9.18 Å². The number of benzene rings is 1. The Morgan fingerprint density at radius 1 is 1.17 bits per heavy atom. The lowest BCUT2D eigenvalue weighted by molar-refractivity contribution is -0.119. The van der Waals surface area contributed by atoms with Gasteiger partial charge in [-0.2, -0.15) is 4.99 Å². The molecule has 0 fully saturated rings. The minimum Gasteiger partial charge on any atom is -0.321 e. The molecule has 1 aliphatic heterocycles. The largest absolute Gasteiger partial charge is 0.321 e. The molecule has 1 aromatic carbocycles. The fourth-order valence-corrected chi connectivity index (χ4v) is 3.69. The third kappa shape index (κ3) is 2.86. The number of pyridine rings is 1. The number of hydrogen-bond donors (Lipinski definition) is 0. The van der Waals surface area contributed by atoms with Crippen LogP contribution in [0.3, 0.4) is 0 Å². The summed E-state index contributed by atoms with van der Waals surface area (Å²) in [6.07, 6.45) is 3.34. The standard InChI is InChI=1S/C17H16FN3OS/c1-3-21(14-6-4-13(18)5-7-14)16-20-15(22)17(2,23-16)12-8-10-19-11-9-12/h4-11H,3H2,1-2H3. The molecule has 3 rings (SSSR count). The Morgan fingerprint density at radius 3 is 2.43 bits per heavy atom. The SMILES string of the molecule is CCN(C1=NC(=O)C(C)(c2ccncc2)S1)c1ccc(F)cc1. The molecule has 23 heavy (non-hydrogen) atoms. The minimum atomic E-state index is -0.758. The highest BCUT2D eigenvalue weighted by molar-refractivity contribution is 8.16. The van der Waals surface area contributed by atoms with E-state index >= 15 is 0 Å². The maximum atomic E-state index is 13.1. The fourth-order valence-electron chi connectivity index (χ4n) is 2.46. The number of carbonyl (C=O) groups is 1. The van der Waals surface area contributed by atoms with Gasteiger partial charge in [-0.1, -0.05) is 11.8 Å². The lowest BCUT2D eigenvalue weighted by Gasteiger charge is -2.25. The minimum absolute atomic E-state index is 0.190. The van der Waals surface area contributed by atoms with Crippen LogP contribution < -0.4 is 4.90 Å². The van der Waals surface area contributed by atoms with Gasteiger partial charge in [0.1, 0.15) is 10.6 Å². The highest BCUT2D eigenvalue weighted by atomic mass is 32.2. The van der Waals surface area contributed by atoms with Gasteiger partial charge in [0.2, 0.25) is 0 Å². The first-order valence-corrected chi connectivity index (χ1v) is 8.12. The number of halogens is 1. The van der Waals surface area contributed by atoms with E-state index < -0.39 is 4.75 Å². The topological polar surface area (TPSA) is 45.6 Å². The summed E-state index contributed by atoms with van der Waals surface area (Å²) in [7, 11) is 0. The summed E-state index contributed by atoms with van der Waals surface area (Å²) in [6.45, 7) is 4.47. The quantitative estimate of drug-likeness (QED) is 0.863. The molecule has 1 amide bonds. The second-order valence-corrected chi connectivity index (χ2v) is 6.68. The van der Waals surface area contributed by atoms with Gasteiger partial charge in [-0.05, 0) is 55.8 Å². The van der Waals surface area contributed by atoms with Crippen molar-refractivity contribution >= 4 is 28.5 Å². The van der Waals surface area contributed by atoms with Crippen LogP contribution in [0.4, 0.5) is 10.1 Å². The molecule has 1 aliphatic rings. The van der Waals surface area contributed by atoms with E-state index in [1.807, 2.05) is 30.9 Å². The zero-order valence-corrected chi connectivity index (χ0v) is 13.7. The number of rotatable bonds is 3. The Hall–Kier alpha value is -2.21. The Labute approximate surface area is 138 Å². The molecule has 2 heterocycles. The molecule has 0 bridgehead atoms. The zero-order valence-electron chi connectivity index (χ0n) is 12.9.